The number of quaternary nitrogens is 2. The smallest absolute Gasteiger partial charge is 0.341 e. The highest BCUT2D eigenvalue weighted by atomic mass is 32.1. The molecule has 2 heterocycles. The zero-order chi connectivity index (χ0) is 20.1. The first-order valence-electron chi connectivity index (χ1n) is 9.80. The molecule has 1 fully saturated rings. The number of rotatable bonds is 6. The van der Waals surface area contributed by atoms with Gasteiger partial charge in [0.15, 0.2) is 6.54 Å². The van der Waals surface area contributed by atoms with Crippen LogP contribution >= 0.6 is 11.3 Å². The van der Waals surface area contributed by atoms with Crippen molar-refractivity contribution in [1.82, 2.24) is 0 Å². The monoisotopic (exact) mass is 403 g/mol. The largest absolute Gasteiger partial charge is 0.462 e. The Morgan fingerprint density at radius 1 is 1.14 bits per heavy atom. The van der Waals surface area contributed by atoms with E-state index in [1.54, 1.807) is 6.92 Å². The van der Waals surface area contributed by atoms with E-state index in [0.717, 1.165) is 42.2 Å². The van der Waals surface area contributed by atoms with Crippen LogP contribution in [0.4, 0.5) is 5.00 Å². The fourth-order valence-electron chi connectivity index (χ4n) is 3.59. The molecule has 0 aliphatic carbocycles. The number of benzene rings is 1. The molecule has 3 N–H and O–H groups in total. The van der Waals surface area contributed by atoms with E-state index in [2.05, 4.69) is 12.4 Å². The molecule has 28 heavy (non-hydrogen) atoms. The van der Waals surface area contributed by atoms with Crippen molar-refractivity contribution in [2.75, 3.05) is 51.7 Å². The fourth-order valence-corrected chi connectivity index (χ4v) is 4.67. The minimum Gasteiger partial charge on any atom is -0.462 e. The number of nitrogens with one attached hydrogen (secondary N) is 3. The van der Waals surface area contributed by atoms with E-state index in [4.69, 9.17) is 4.74 Å². The first-order chi connectivity index (χ1) is 13.5. The van der Waals surface area contributed by atoms with Crippen molar-refractivity contribution in [2.45, 2.75) is 13.8 Å². The van der Waals surface area contributed by atoms with Crippen LogP contribution in [0, 0.1) is 6.92 Å². The van der Waals surface area contributed by atoms with Gasteiger partial charge in [-0.25, -0.2) is 4.79 Å². The molecule has 6 nitrogen and oxygen atoms in total. The third kappa shape index (κ3) is 4.79. The van der Waals surface area contributed by atoms with Gasteiger partial charge in [0.25, 0.3) is 5.91 Å². The molecule has 0 radical (unpaired) electrons. The van der Waals surface area contributed by atoms with E-state index in [9.17, 15) is 9.59 Å². The number of hydrogen-bond donors (Lipinski definition) is 3. The summed E-state index contributed by atoms with van der Waals surface area (Å²) in [5, 5.41) is 3.57. The van der Waals surface area contributed by atoms with Gasteiger partial charge < -0.3 is 19.9 Å². The summed E-state index contributed by atoms with van der Waals surface area (Å²) >= 11 is 1.43. The van der Waals surface area contributed by atoms with Crippen molar-refractivity contribution in [2.24, 2.45) is 0 Å². The van der Waals surface area contributed by atoms with Crippen LogP contribution in [0.15, 0.2) is 30.3 Å². The van der Waals surface area contributed by atoms with Crippen LogP contribution in [0.2, 0.25) is 0 Å². The Bertz CT molecular complexity index is 827. The number of ether oxygens (including phenoxy) is 1. The lowest BCUT2D eigenvalue weighted by molar-refractivity contribution is -0.999. The number of piperazine rings is 1. The van der Waals surface area contributed by atoms with Gasteiger partial charge in [-0.3, -0.25) is 4.79 Å². The lowest BCUT2D eigenvalue weighted by Gasteiger charge is -2.26. The van der Waals surface area contributed by atoms with Crippen molar-refractivity contribution in [3.05, 3.63) is 40.8 Å². The first kappa shape index (κ1) is 20.5. The molecule has 0 bridgehead atoms. The van der Waals surface area contributed by atoms with Crippen LogP contribution in [-0.2, 0) is 9.53 Å². The van der Waals surface area contributed by atoms with Gasteiger partial charge in [-0.05, 0) is 19.4 Å². The van der Waals surface area contributed by atoms with Gasteiger partial charge in [0.05, 0.1) is 13.7 Å². The molecule has 0 saturated carbocycles. The van der Waals surface area contributed by atoms with E-state index < -0.39 is 5.97 Å². The Labute approximate surface area is 170 Å². The highest BCUT2D eigenvalue weighted by Crippen LogP contribution is 2.40. The number of carbonyl (C=O) groups is 2. The quantitative estimate of drug-likeness (QED) is 0.606. The van der Waals surface area contributed by atoms with Gasteiger partial charge in [0, 0.05) is 10.4 Å². The van der Waals surface area contributed by atoms with E-state index >= 15 is 0 Å². The van der Waals surface area contributed by atoms with Crippen LogP contribution in [0.3, 0.4) is 0 Å². The minimum atomic E-state index is -0.392. The van der Waals surface area contributed by atoms with E-state index in [0.29, 0.717) is 23.7 Å². The molecule has 3 rings (SSSR count). The standard InChI is InChI=1S/C21H27N3O3S/c1-4-27-21(26)19-18(16-8-6-5-7-9-16)15(2)28-20(19)22-17(25)14-24-12-10-23(3)11-13-24/h5-9H,4,10-14H2,1-3H3,(H,22,25)/p+2. The van der Waals surface area contributed by atoms with Crippen molar-refractivity contribution < 1.29 is 24.1 Å². The van der Waals surface area contributed by atoms with Gasteiger partial charge >= 0.3 is 5.97 Å². The summed E-state index contributed by atoms with van der Waals surface area (Å²) < 4.78 is 5.30. The number of esters is 1. The second-order valence-electron chi connectivity index (χ2n) is 7.26. The number of anilines is 1. The van der Waals surface area contributed by atoms with Gasteiger partial charge in [0.2, 0.25) is 0 Å². The Hall–Kier alpha value is -2.22. The Morgan fingerprint density at radius 2 is 1.82 bits per heavy atom. The lowest BCUT2D eigenvalue weighted by atomic mass is 10.0. The molecule has 1 aromatic carbocycles. The molecule has 7 heteroatoms. The normalized spacial score (nSPS) is 19.2. The maximum Gasteiger partial charge on any atom is 0.341 e. The van der Waals surface area contributed by atoms with Gasteiger partial charge in [-0.15, -0.1) is 11.3 Å². The summed E-state index contributed by atoms with van der Waals surface area (Å²) in [6.45, 7) is 8.61. The summed E-state index contributed by atoms with van der Waals surface area (Å²) in [6.07, 6.45) is 0. The summed E-state index contributed by atoms with van der Waals surface area (Å²) in [6, 6.07) is 9.77. The maximum absolute atomic E-state index is 12.7. The summed E-state index contributed by atoms with van der Waals surface area (Å²) in [5.74, 6) is -0.447. The molecule has 2 aromatic rings. The maximum atomic E-state index is 12.7. The molecule has 1 aromatic heterocycles. The third-order valence-electron chi connectivity index (χ3n) is 5.10. The number of amides is 1. The van der Waals surface area contributed by atoms with E-state index in [1.165, 1.54) is 21.1 Å². The molecular formula is C21H29N3O3S+2. The van der Waals surface area contributed by atoms with Crippen molar-refractivity contribution in [3.8, 4) is 11.1 Å². The number of thiophene rings is 1. The Balaban J connectivity index is 1.84. The fraction of sp³-hybridized carbons (Fsp3) is 0.429. The number of likely N-dealkylation sites (N-methyl/N-ethyl adjacent to an activating group) is 1. The summed E-state index contributed by atoms with van der Waals surface area (Å²) in [7, 11) is 2.18. The van der Waals surface area contributed by atoms with Crippen molar-refractivity contribution >= 4 is 28.2 Å². The number of aryl methyl sites for hydroxylation is 1. The average molecular weight is 404 g/mol. The van der Waals surface area contributed by atoms with Crippen LogP contribution in [0.25, 0.3) is 11.1 Å². The molecule has 150 valence electrons. The zero-order valence-corrected chi connectivity index (χ0v) is 17.6. The highest BCUT2D eigenvalue weighted by Gasteiger charge is 2.27. The second-order valence-corrected chi connectivity index (χ2v) is 8.48. The van der Waals surface area contributed by atoms with Crippen LogP contribution in [0.5, 0.6) is 0 Å². The second kappa shape index (κ2) is 9.32. The molecule has 0 unspecified atom stereocenters. The number of carbonyl (C=O) groups excluding carboxylic acids is 2. The van der Waals surface area contributed by atoms with Gasteiger partial charge in [-0.1, -0.05) is 30.3 Å². The summed E-state index contributed by atoms with van der Waals surface area (Å²) in [5.41, 5.74) is 2.25. The van der Waals surface area contributed by atoms with Crippen molar-refractivity contribution in [3.63, 3.8) is 0 Å². The Kier molecular flexibility index (Phi) is 6.83. The molecule has 0 atom stereocenters. The van der Waals surface area contributed by atoms with E-state index in [-0.39, 0.29) is 5.91 Å². The molecule has 1 saturated heterocycles. The third-order valence-corrected chi connectivity index (χ3v) is 6.12. The first-order valence-corrected chi connectivity index (χ1v) is 10.6. The predicted octanol–water partition coefficient (Wildman–Crippen LogP) is 0.252. The SMILES string of the molecule is CCOC(=O)c1c(NC(=O)C[NH+]2CC[NH+](C)CC2)sc(C)c1-c1ccccc1. The molecule has 1 amide bonds. The molecule has 0 spiro atoms. The van der Waals surface area contributed by atoms with Gasteiger partial charge in [-0.2, -0.15) is 0 Å². The molecule has 1 aliphatic heterocycles. The topological polar surface area (TPSA) is 64.3 Å². The molecule has 1 aliphatic rings. The van der Waals surface area contributed by atoms with E-state index in [1.807, 2.05) is 37.3 Å². The average Bonchev–Trinajstić information content (AvgIpc) is 3.00. The number of hydrogen-bond acceptors (Lipinski definition) is 4. The highest BCUT2D eigenvalue weighted by molar-refractivity contribution is 7.17. The van der Waals surface area contributed by atoms with Gasteiger partial charge in [0.1, 0.15) is 36.7 Å². The van der Waals surface area contributed by atoms with Crippen LogP contribution < -0.4 is 15.1 Å². The molecular weight excluding hydrogens is 374 g/mol. The lowest BCUT2D eigenvalue weighted by Crippen LogP contribution is -3.27. The minimum absolute atomic E-state index is 0.0547. The van der Waals surface area contributed by atoms with Crippen molar-refractivity contribution in [1.29, 1.82) is 0 Å². The van der Waals surface area contributed by atoms with Crippen LogP contribution in [0.1, 0.15) is 22.2 Å². The predicted molar refractivity (Wildman–Crippen MR) is 111 cm³/mol. The van der Waals surface area contributed by atoms with Crippen LogP contribution in [-0.4, -0.2) is 58.3 Å². The Morgan fingerprint density at radius 3 is 2.46 bits per heavy atom. The zero-order valence-electron chi connectivity index (χ0n) is 16.8. The summed E-state index contributed by atoms with van der Waals surface area (Å²) in [4.78, 5) is 29.2.